The summed E-state index contributed by atoms with van der Waals surface area (Å²) >= 11 is 0. The summed E-state index contributed by atoms with van der Waals surface area (Å²) in [6.07, 6.45) is 3.73. The molecule has 1 amide bonds. The molecule has 166 valence electrons. The van der Waals surface area contributed by atoms with Crippen LogP contribution in [0.4, 0.5) is 14.9 Å². The number of benzene rings is 1. The van der Waals surface area contributed by atoms with Gasteiger partial charge in [-0.2, -0.15) is 5.10 Å². The van der Waals surface area contributed by atoms with Gasteiger partial charge in [-0.1, -0.05) is 6.07 Å². The van der Waals surface area contributed by atoms with E-state index < -0.39 is 11.9 Å². The number of piperidine rings is 1. The lowest BCUT2D eigenvalue weighted by Gasteiger charge is -2.30. The molecule has 2 aliphatic heterocycles. The van der Waals surface area contributed by atoms with E-state index in [1.807, 2.05) is 18.2 Å². The monoisotopic (exact) mass is 437 g/mol. The quantitative estimate of drug-likeness (QED) is 0.637. The molecule has 3 aromatic rings. The van der Waals surface area contributed by atoms with Crippen LogP contribution in [0.1, 0.15) is 12.8 Å². The van der Waals surface area contributed by atoms with E-state index in [4.69, 9.17) is 4.74 Å². The number of rotatable bonds is 5. The van der Waals surface area contributed by atoms with Crippen LogP contribution in [0.25, 0.3) is 22.5 Å². The largest absolute Gasteiger partial charge is 0.443 e. The zero-order valence-corrected chi connectivity index (χ0v) is 17.4. The van der Waals surface area contributed by atoms with Crippen molar-refractivity contribution in [2.75, 3.05) is 31.1 Å². The number of hydrogen-bond acceptors (Lipinski definition) is 6. The van der Waals surface area contributed by atoms with Crippen molar-refractivity contribution >= 4 is 11.8 Å². The first kappa shape index (κ1) is 20.6. The summed E-state index contributed by atoms with van der Waals surface area (Å²) in [7, 11) is 0. The maximum Gasteiger partial charge on any atom is 0.414 e. The zero-order valence-electron chi connectivity index (χ0n) is 17.4. The lowest BCUT2D eigenvalue weighted by atomic mass is 10.0. The van der Waals surface area contributed by atoms with Gasteiger partial charge in [0.25, 0.3) is 0 Å². The third-order valence-corrected chi connectivity index (χ3v) is 6.01. The van der Waals surface area contributed by atoms with Crippen LogP contribution < -0.4 is 4.90 Å². The molecule has 2 aliphatic rings. The minimum Gasteiger partial charge on any atom is -0.443 e. The summed E-state index contributed by atoms with van der Waals surface area (Å²) in [5.74, 6) is -0.467. The molecule has 1 unspecified atom stereocenters. The van der Waals surface area contributed by atoms with E-state index >= 15 is 4.39 Å². The number of halogens is 1. The number of carbonyl (C=O) groups is 1. The first-order valence-corrected chi connectivity index (χ1v) is 10.7. The number of nitrogens with zero attached hydrogens (tertiary/aromatic N) is 4. The Hall–Kier alpha value is -3.30. The van der Waals surface area contributed by atoms with Gasteiger partial charge in [0.15, 0.2) is 0 Å². The minimum atomic E-state index is -0.477. The lowest BCUT2D eigenvalue weighted by molar-refractivity contribution is 0.0552. The number of aromatic nitrogens is 3. The highest BCUT2D eigenvalue weighted by Crippen LogP contribution is 2.33. The first-order chi connectivity index (χ1) is 15.6. The number of aromatic amines is 1. The van der Waals surface area contributed by atoms with E-state index in [0.717, 1.165) is 25.9 Å². The molecule has 8 nitrogen and oxygen atoms in total. The predicted molar refractivity (Wildman–Crippen MR) is 117 cm³/mol. The third-order valence-electron chi connectivity index (χ3n) is 6.01. The Bertz CT molecular complexity index is 1100. The van der Waals surface area contributed by atoms with Crippen molar-refractivity contribution in [2.45, 2.75) is 25.0 Å². The normalized spacial score (nSPS) is 20.0. The Balaban J connectivity index is 1.32. The number of pyridine rings is 1. The van der Waals surface area contributed by atoms with E-state index in [9.17, 15) is 9.90 Å². The van der Waals surface area contributed by atoms with Crippen molar-refractivity contribution < 1.29 is 19.0 Å². The number of likely N-dealkylation sites (tertiary alicyclic amines) is 1. The van der Waals surface area contributed by atoms with Crippen molar-refractivity contribution in [2.24, 2.45) is 0 Å². The Morgan fingerprint density at radius 3 is 2.78 bits per heavy atom. The van der Waals surface area contributed by atoms with Crippen LogP contribution in [0, 0.1) is 5.82 Å². The Morgan fingerprint density at radius 2 is 2.03 bits per heavy atom. The molecule has 4 heterocycles. The number of aliphatic hydroxyl groups excluding tert-OH is 1. The van der Waals surface area contributed by atoms with Gasteiger partial charge in [-0.05, 0) is 43.2 Å². The molecule has 0 spiro atoms. The number of cyclic esters (lactones) is 1. The SMILES string of the molecule is O=C1OC(CN2CCC(O)CC2)CN1c1ccc(-c2[nH]ncc2-c2ccccn2)c(F)c1. The molecule has 9 heteroatoms. The number of hydrogen-bond donors (Lipinski definition) is 2. The second-order valence-corrected chi connectivity index (χ2v) is 8.19. The average molecular weight is 437 g/mol. The summed E-state index contributed by atoms with van der Waals surface area (Å²) in [5.41, 5.74) is 2.72. The lowest BCUT2D eigenvalue weighted by Crippen LogP contribution is -2.41. The van der Waals surface area contributed by atoms with Crippen LogP contribution in [0.3, 0.4) is 0 Å². The standard InChI is InChI=1S/C23H24FN5O3/c24-20-11-15(29-14-17(32-23(29)31)13-28-9-6-16(30)7-10-28)4-5-18(20)22-19(12-26-27-22)21-3-1-2-8-25-21/h1-5,8,11-12,16-17,30H,6-7,9-10,13-14H2,(H,26,27). The summed E-state index contributed by atoms with van der Waals surface area (Å²) in [6.45, 7) is 2.53. The van der Waals surface area contributed by atoms with Gasteiger partial charge in [0.2, 0.25) is 0 Å². The summed E-state index contributed by atoms with van der Waals surface area (Å²) in [4.78, 5) is 20.4. The van der Waals surface area contributed by atoms with Gasteiger partial charge in [0.1, 0.15) is 11.9 Å². The minimum absolute atomic E-state index is 0.247. The predicted octanol–water partition coefficient (Wildman–Crippen LogP) is 3.06. The van der Waals surface area contributed by atoms with E-state index in [1.54, 1.807) is 24.5 Å². The Morgan fingerprint density at radius 1 is 1.19 bits per heavy atom. The first-order valence-electron chi connectivity index (χ1n) is 10.7. The van der Waals surface area contributed by atoms with Gasteiger partial charge < -0.3 is 9.84 Å². The van der Waals surface area contributed by atoms with Crippen molar-refractivity contribution in [3.63, 3.8) is 0 Å². The maximum atomic E-state index is 15.1. The fourth-order valence-electron chi connectivity index (χ4n) is 4.30. The van der Waals surface area contributed by atoms with Gasteiger partial charge >= 0.3 is 6.09 Å². The van der Waals surface area contributed by atoms with E-state index in [2.05, 4.69) is 20.1 Å². The summed E-state index contributed by atoms with van der Waals surface area (Å²) < 4.78 is 20.6. The fraction of sp³-hybridized carbons (Fsp3) is 0.348. The number of ether oxygens (including phenoxy) is 1. The molecule has 0 aliphatic carbocycles. The topological polar surface area (TPSA) is 94.6 Å². The van der Waals surface area contributed by atoms with Crippen molar-refractivity contribution in [1.82, 2.24) is 20.1 Å². The average Bonchev–Trinajstić information content (AvgIpc) is 3.42. The van der Waals surface area contributed by atoms with Crippen LogP contribution >= 0.6 is 0 Å². The van der Waals surface area contributed by atoms with Gasteiger partial charge in [-0.3, -0.25) is 19.9 Å². The van der Waals surface area contributed by atoms with Crippen molar-refractivity contribution in [1.29, 1.82) is 0 Å². The second-order valence-electron chi connectivity index (χ2n) is 8.19. The van der Waals surface area contributed by atoms with Gasteiger partial charge in [-0.15, -0.1) is 0 Å². The molecule has 0 bridgehead atoms. The number of nitrogens with one attached hydrogen (secondary N) is 1. The molecule has 1 aromatic carbocycles. The van der Waals surface area contributed by atoms with Crippen LogP contribution in [-0.4, -0.2) is 69.7 Å². The third kappa shape index (κ3) is 4.09. The number of anilines is 1. The van der Waals surface area contributed by atoms with Crippen LogP contribution in [0.5, 0.6) is 0 Å². The Kier molecular flexibility index (Phi) is 5.59. The number of aliphatic hydroxyl groups is 1. The number of amides is 1. The highest BCUT2D eigenvalue weighted by atomic mass is 19.1. The van der Waals surface area contributed by atoms with E-state index in [-0.39, 0.29) is 12.2 Å². The molecule has 2 aromatic heterocycles. The number of H-pyrrole nitrogens is 1. The molecular formula is C23H24FN5O3. The van der Waals surface area contributed by atoms with Crippen molar-refractivity contribution in [3.8, 4) is 22.5 Å². The molecule has 2 N–H and O–H groups in total. The van der Waals surface area contributed by atoms with Crippen LogP contribution in [0.2, 0.25) is 0 Å². The molecule has 1 atom stereocenters. The van der Waals surface area contributed by atoms with Gasteiger partial charge in [-0.25, -0.2) is 9.18 Å². The highest BCUT2D eigenvalue weighted by molar-refractivity contribution is 5.90. The highest BCUT2D eigenvalue weighted by Gasteiger charge is 2.34. The van der Waals surface area contributed by atoms with Gasteiger partial charge in [0, 0.05) is 37.0 Å². The molecule has 32 heavy (non-hydrogen) atoms. The van der Waals surface area contributed by atoms with E-state index in [0.29, 0.717) is 41.3 Å². The fourth-order valence-corrected chi connectivity index (χ4v) is 4.30. The summed E-state index contributed by atoms with van der Waals surface area (Å²) in [6, 6.07) is 10.2. The molecular weight excluding hydrogens is 413 g/mol. The molecule has 2 saturated heterocycles. The second kappa shape index (κ2) is 8.68. The Labute approximate surface area is 184 Å². The smallest absolute Gasteiger partial charge is 0.414 e. The molecule has 0 radical (unpaired) electrons. The van der Waals surface area contributed by atoms with Gasteiger partial charge in [0.05, 0.1) is 35.9 Å². The summed E-state index contributed by atoms with van der Waals surface area (Å²) in [5, 5.41) is 16.6. The van der Waals surface area contributed by atoms with Crippen molar-refractivity contribution in [3.05, 3.63) is 54.6 Å². The maximum absolute atomic E-state index is 15.1. The zero-order chi connectivity index (χ0) is 22.1. The molecule has 2 fully saturated rings. The van der Waals surface area contributed by atoms with Crippen LogP contribution in [0.15, 0.2) is 48.8 Å². The van der Waals surface area contributed by atoms with Crippen LogP contribution in [-0.2, 0) is 4.74 Å². The van der Waals surface area contributed by atoms with E-state index in [1.165, 1.54) is 11.0 Å². The number of carbonyl (C=O) groups excluding carboxylic acids is 1. The molecule has 0 saturated carbocycles. The molecule has 5 rings (SSSR count).